The Morgan fingerprint density at radius 2 is 1.92 bits per heavy atom. The third-order valence-electron chi connectivity index (χ3n) is 3.26. The minimum atomic E-state index is -0.865. The van der Waals surface area contributed by atoms with Gasteiger partial charge in [0.05, 0.1) is 0 Å². The Balaban J connectivity index is 2.30. The van der Waals surface area contributed by atoms with E-state index in [2.05, 4.69) is 15.6 Å². The van der Waals surface area contributed by atoms with Crippen molar-refractivity contribution >= 4 is 28.5 Å². The van der Waals surface area contributed by atoms with E-state index in [1.807, 2.05) is 27.7 Å². The summed E-state index contributed by atoms with van der Waals surface area (Å²) in [5, 5.41) is 6.44. The van der Waals surface area contributed by atoms with Gasteiger partial charge in [0.15, 0.2) is 5.96 Å². The smallest absolute Gasteiger partial charge is 0.191 e. The molecule has 1 unspecified atom stereocenters. The minimum Gasteiger partial charge on any atom is -0.357 e. The van der Waals surface area contributed by atoms with Crippen molar-refractivity contribution in [3.8, 4) is 0 Å². The van der Waals surface area contributed by atoms with Crippen molar-refractivity contribution in [2.24, 2.45) is 4.99 Å². The number of thioether (sulfide) groups is 1. The Hall–Kier alpha value is -1.08. The van der Waals surface area contributed by atoms with Gasteiger partial charge >= 0.3 is 0 Å². The van der Waals surface area contributed by atoms with Gasteiger partial charge in [0.1, 0.15) is 5.82 Å². The molecule has 0 radical (unpaired) electrons. The van der Waals surface area contributed by atoms with E-state index in [9.17, 15) is 8.60 Å². The predicted octanol–water partition coefficient (Wildman–Crippen LogP) is 3.41. The molecule has 0 aliphatic carbocycles. The fraction of sp³-hybridized carbons (Fsp3) is 0.611. The molecule has 142 valence electrons. The number of benzene rings is 1. The van der Waals surface area contributed by atoms with Crippen LogP contribution >= 0.6 is 11.8 Å². The highest BCUT2D eigenvalue weighted by Gasteiger charge is 2.18. The van der Waals surface area contributed by atoms with Gasteiger partial charge in [-0.3, -0.25) is 9.20 Å². The summed E-state index contributed by atoms with van der Waals surface area (Å²) in [4.78, 5) is 5.61. The van der Waals surface area contributed by atoms with Gasteiger partial charge in [-0.2, -0.15) is 0 Å². The van der Waals surface area contributed by atoms with Crippen molar-refractivity contribution < 1.29 is 8.60 Å². The van der Waals surface area contributed by atoms with E-state index in [1.165, 1.54) is 12.1 Å². The Morgan fingerprint density at radius 1 is 1.24 bits per heavy atom. The predicted molar refractivity (Wildman–Crippen MR) is 108 cm³/mol. The van der Waals surface area contributed by atoms with Crippen molar-refractivity contribution in [1.29, 1.82) is 0 Å². The SMILES string of the molecule is CCNC(=NCCCSc1ccc(F)cc1)NCCS(=O)C(C)(C)C. The molecule has 7 heteroatoms. The number of halogens is 1. The Labute approximate surface area is 157 Å². The van der Waals surface area contributed by atoms with Crippen molar-refractivity contribution in [2.45, 2.75) is 43.8 Å². The maximum absolute atomic E-state index is 12.8. The van der Waals surface area contributed by atoms with Gasteiger partial charge in [-0.15, -0.1) is 11.8 Å². The molecule has 1 rings (SSSR count). The lowest BCUT2D eigenvalue weighted by atomic mass is 10.3. The number of rotatable bonds is 9. The van der Waals surface area contributed by atoms with Crippen molar-refractivity contribution in [3.63, 3.8) is 0 Å². The molecule has 1 aromatic carbocycles. The molecule has 0 heterocycles. The van der Waals surface area contributed by atoms with Crippen molar-refractivity contribution in [2.75, 3.05) is 31.1 Å². The first-order chi connectivity index (χ1) is 11.8. The molecule has 0 aliphatic heterocycles. The highest BCUT2D eigenvalue weighted by molar-refractivity contribution is 7.99. The van der Waals surface area contributed by atoms with Crippen LogP contribution in [0.3, 0.4) is 0 Å². The Bertz CT molecular complexity index is 556. The summed E-state index contributed by atoms with van der Waals surface area (Å²) in [5.74, 6) is 2.10. The highest BCUT2D eigenvalue weighted by Crippen LogP contribution is 2.18. The highest BCUT2D eigenvalue weighted by atomic mass is 32.2. The summed E-state index contributed by atoms with van der Waals surface area (Å²) in [7, 11) is -0.865. The molecule has 0 aromatic heterocycles. The molecule has 1 aromatic rings. The van der Waals surface area contributed by atoms with Gasteiger partial charge in [-0.1, -0.05) is 0 Å². The van der Waals surface area contributed by atoms with E-state index in [1.54, 1.807) is 23.9 Å². The van der Waals surface area contributed by atoms with Crippen molar-refractivity contribution in [3.05, 3.63) is 30.1 Å². The van der Waals surface area contributed by atoms with E-state index in [4.69, 9.17) is 0 Å². The fourth-order valence-corrected chi connectivity index (χ4v) is 3.62. The molecular formula is C18H30FN3OS2. The van der Waals surface area contributed by atoms with Crippen LogP contribution in [0.2, 0.25) is 0 Å². The molecule has 2 N–H and O–H groups in total. The number of hydrogen-bond acceptors (Lipinski definition) is 3. The maximum atomic E-state index is 12.8. The van der Waals surface area contributed by atoms with E-state index >= 15 is 0 Å². The van der Waals surface area contributed by atoms with Gasteiger partial charge < -0.3 is 10.6 Å². The monoisotopic (exact) mass is 387 g/mol. The lowest BCUT2D eigenvalue weighted by molar-refractivity contribution is 0.626. The molecule has 0 spiro atoms. The van der Waals surface area contributed by atoms with Crippen molar-refractivity contribution in [1.82, 2.24) is 10.6 Å². The zero-order valence-electron chi connectivity index (χ0n) is 15.6. The second kappa shape index (κ2) is 11.5. The summed E-state index contributed by atoms with van der Waals surface area (Å²) >= 11 is 1.70. The summed E-state index contributed by atoms with van der Waals surface area (Å²) in [6, 6.07) is 6.55. The van der Waals surface area contributed by atoms with Crippen LogP contribution < -0.4 is 10.6 Å². The summed E-state index contributed by atoms with van der Waals surface area (Å²) in [6.45, 7) is 10.1. The number of nitrogens with one attached hydrogen (secondary N) is 2. The number of hydrogen-bond donors (Lipinski definition) is 2. The van der Waals surface area contributed by atoms with Crippen LogP contribution in [0, 0.1) is 5.82 Å². The van der Waals surface area contributed by atoms with Crippen LogP contribution in [0.1, 0.15) is 34.1 Å². The van der Waals surface area contributed by atoms with Crippen LogP contribution in [-0.4, -0.2) is 46.1 Å². The van der Waals surface area contributed by atoms with Gasteiger partial charge in [-0.05, 0) is 64.1 Å². The average molecular weight is 388 g/mol. The molecule has 0 saturated heterocycles. The van der Waals surface area contributed by atoms with E-state index in [0.29, 0.717) is 18.8 Å². The lowest BCUT2D eigenvalue weighted by Gasteiger charge is -2.18. The Kier molecular flexibility index (Phi) is 10.1. The van der Waals surface area contributed by atoms with Crippen LogP contribution in [-0.2, 0) is 10.8 Å². The second-order valence-electron chi connectivity index (χ2n) is 6.51. The first-order valence-electron chi connectivity index (χ1n) is 8.62. The Morgan fingerprint density at radius 3 is 2.52 bits per heavy atom. The average Bonchev–Trinajstić information content (AvgIpc) is 2.55. The number of guanidine groups is 1. The maximum Gasteiger partial charge on any atom is 0.191 e. The molecule has 0 aliphatic rings. The van der Waals surface area contributed by atoms with Gasteiger partial charge in [0.2, 0.25) is 0 Å². The van der Waals surface area contributed by atoms with E-state index in [0.717, 1.165) is 29.6 Å². The van der Waals surface area contributed by atoms with Crippen LogP contribution in [0.15, 0.2) is 34.2 Å². The van der Waals surface area contributed by atoms with Gasteiger partial charge in [0.25, 0.3) is 0 Å². The molecule has 1 atom stereocenters. The van der Waals surface area contributed by atoms with E-state index in [-0.39, 0.29) is 10.6 Å². The molecule has 4 nitrogen and oxygen atoms in total. The summed E-state index contributed by atoms with van der Waals surface area (Å²) in [5.41, 5.74) is 0. The zero-order chi connectivity index (χ0) is 18.7. The first kappa shape index (κ1) is 22.0. The first-order valence-corrected chi connectivity index (χ1v) is 10.9. The summed E-state index contributed by atoms with van der Waals surface area (Å²) in [6.07, 6.45) is 0.937. The number of aliphatic imine (C=N–C) groups is 1. The fourth-order valence-electron chi connectivity index (χ4n) is 1.89. The lowest BCUT2D eigenvalue weighted by Crippen LogP contribution is -2.40. The number of nitrogens with zero attached hydrogens (tertiary/aromatic N) is 1. The zero-order valence-corrected chi connectivity index (χ0v) is 17.2. The largest absolute Gasteiger partial charge is 0.357 e. The standard InChI is InChI=1S/C18H30FN3OS2/c1-5-20-17(22-12-14-25(23)18(2,3)4)21-11-6-13-24-16-9-7-15(19)8-10-16/h7-10H,5-6,11-14H2,1-4H3,(H2,20,21,22). The van der Waals surface area contributed by atoms with Crippen LogP contribution in [0.5, 0.6) is 0 Å². The van der Waals surface area contributed by atoms with Gasteiger partial charge in [-0.25, -0.2) is 4.39 Å². The molecule has 25 heavy (non-hydrogen) atoms. The van der Waals surface area contributed by atoms with Crippen LogP contribution in [0.25, 0.3) is 0 Å². The second-order valence-corrected chi connectivity index (χ2v) is 10.00. The molecule has 0 fully saturated rings. The topological polar surface area (TPSA) is 53.5 Å². The van der Waals surface area contributed by atoms with Crippen LogP contribution in [0.4, 0.5) is 4.39 Å². The molecule has 0 bridgehead atoms. The third-order valence-corrected chi connectivity index (χ3v) is 6.30. The third kappa shape index (κ3) is 9.84. The molecular weight excluding hydrogens is 357 g/mol. The van der Waals surface area contributed by atoms with E-state index < -0.39 is 10.8 Å². The summed E-state index contributed by atoms with van der Waals surface area (Å²) < 4.78 is 24.7. The molecule has 0 saturated carbocycles. The normalized spacial score (nSPS) is 13.6. The van der Waals surface area contributed by atoms with Gasteiger partial charge in [0, 0.05) is 45.8 Å². The quantitative estimate of drug-likeness (QED) is 0.295. The molecule has 0 amide bonds. The minimum absolute atomic E-state index is 0.186.